The van der Waals surface area contributed by atoms with E-state index >= 15 is 0 Å². The summed E-state index contributed by atoms with van der Waals surface area (Å²) >= 11 is 0. The molecule has 3 N–H and O–H groups in total. The van der Waals surface area contributed by atoms with Gasteiger partial charge in [-0.25, -0.2) is 0 Å². The van der Waals surface area contributed by atoms with Crippen molar-refractivity contribution >= 4 is 7.82 Å². The molecule has 0 amide bonds. The molecule has 0 rings (SSSR count). The van der Waals surface area contributed by atoms with Crippen LogP contribution in [0.25, 0.3) is 0 Å². The highest BCUT2D eigenvalue weighted by Crippen LogP contribution is 2.18. The monoisotopic (exact) mass is 283 g/mol. The van der Waals surface area contributed by atoms with E-state index in [9.17, 15) is 0 Å². The molecule has 0 aliphatic heterocycles. The van der Waals surface area contributed by atoms with Crippen LogP contribution in [0.5, 0.6) is 0 Å². The molecule has 0 saturated carbocycles. The number of rotatable bonds is 9. The Morgan fingerprint density at radius 2 is 1.28 bits per heavy atom. The van der Waals surface area contributed by atoms with E-state index in [-0.39, 0.29) is 0 Å². The summed E-state index contributed by atoms with van der Waals surface area (Å²) in [7, 11) is -0.414. The van der Waals surface area contributed by atoms with Crippen molar-refractivity contribution in [3.05, 3.63) is 0 Å². The van der Waals surface area contributed by atoms with Gasteiger partial charge < -0.3 is 19.6 Å². The van der Waals surface area contributed by atoms with Gasteiger partial charge in [0.25, 0.3) is 7.82 Å². The molecule has 0 heterocycles. The van der Waals surface area contributed by atoms with Gasteiger partial charge >= 0.3 is 0 Å². The van der Waals surface area contributed by atoms with Crippen LogP contribution in [0, 0.1) is 0 Å². The van der Waals surface area contributed by atoms with Crippen LogP contribution in [0.15, 0.2) is 0 Å². The largest absolute Gasteiger partial charge is 0.756 e. The lowest BCUT2D eigenvalue weighted by Gasteiger charge is -2.06. The van der Waals surface area contributed by atoms with Crippen LogP contribution in [0.4, 0.5) is 0 Å². The Hall–Kier alpha value is 0.0700. The third kappa shape index (κ3) is 36.0. The van der Waals surface area contributed by atoms with Gasteiger partial charge in [0.1, 0.15) is 0 Å². The first-order valence-corrected chi connectivity index (χ1v) is 8.36. The minimum absolute atomic E-state index is 1.34. The topological polar surface area (TPSA) is 85.0 Å². The van der Waals surface area contributed by atoms with E-state index in [2.05, 4.69) is 21.0 Å². The molecule has 0 radical (unpaired) electrons. The zero-order valence-electron chi connectivity index (χ0n) is 12.0. The maximum absolute atomic E-state index is 8.77. The quantitative estimate of drug-likeness (QED) is 0.430. The number of phosphoric acid groups is 1. The molecule has 0 unspecified atom stereocenters. The first-order valence-electron chi connectivity index (χ1n) is 6.83. The van der Waals surface area contributed by atoms with Gasteiger partial charge in [0.15, 0.2) is 0 Å². The average molecular weight is 283 g/mol. The van der Waals surface area contributed by atoms with Crippen LogP contribution in [0.2, 0.25) is 0 Å². The summed E-state index contributed by atoms with van der Waals surface area (Å²) < 4.78 is 8.77. The van der Waals surface area contributed by atoms with Crippen LogP contribution in [0.3, 0.4) is 0 Å². The summed E-state index contributed by atoms with van der Waals surface area (Å²) in [5.41, 5.74) is 0. The van der Waals surface area contributed by atoms with E-state index in [0.29, 0.717) is 0 Å². The zero-order chi connectivity index (χ0) is 14.4. The molecule has 0 bridgehead atoms. The lowest BCUT2D eigenvalue weighted by Crippen LogP contribution is -3.05. The highest BCUT2D eigenvalue weighted by molar-refractivity contribution is 7.43. The Kier molecular flexibility index (Phi) is 15.3. The van der Waals surface area contributed by atoms with E-state index < -0.39 is 7.82 Å². The van der Waals surface area contributed by atoms with Crippen molar-refractivity contribution < 1.29 is 24.1 Å². The van der Waals surface area contributed by atoms with Gasteiger partial charge in [-0.2, -0.15) is 0 Å². The van der Waals surface area contributed by atoms with E-state index in [0.717, 1.165) is 0 Å². The molecule has 6 heteroatoms. The molecule has 0 fully saturated rings. The van der Waals surface area contributed by atoms with Gasteiger partial charge in [-0.1, -0.05) is 45.4 Å². The molecule has 18 heavy (non-hydrogen) atoms. The average Bonchev–Trinajstić information content (AvgIpc) is 2.19. The van der Waals surface area contributed by atoms with Crippen LogP contribution in [0.1, 0.15) is 58.3 Å². The number of unbranched alkanes of at least 4 members (excludes halogenated alkanes) is 7. The Bertz CT molecular complexity index is 198. The normalized spacial score (nSPS) is 11.3. The summed E-state index contributed by atoms with van der Waals surface area (Å²) in [5.74, 6) is 0. The van der Waals surface area contributed by atoms with Crippen molar-refractivity contribution in [3.63, 3.8) is 0 Å². The Morgan fingerprint density at radius 3 is 1.61 bits per heavy atom. The van der Waals surface area contributed by atoms with Crippen LogP contribution < -0.4 is 9.79 Å². The van der Waals surface area contributed by atoms with Gasteiger partial charge in [0.05, 0.1) is 20.6 Å². The second kappa shape index (κ2) is 13.5. The van der Waals surface area contributed by atoms with Crippen molar-refractivity contribution in [2.45, 2.75) is 58.3 Å². The van der Waals surface area contributed by atoms with Crippen molar-refractivity contribution in [2.24, 2.45) is 0 Å². The molecule has 0 saturated heterocycles. The lowest BCUT2D eigenvalue weighted by atomic mass is 10.1. The SMILES string of the molecule is CCCCCCCCCC[NH+](C)C.O=P([O-])(O)O. The fraction of sp³-hybridized carbons (Fsp3) is 1.00. The van der Waals surface area contributed by atoms with Crippen LogP contribution in [-0.4, -0.2) is 30.4 Å². The third-order valence-corrected chi connectivity index (χ3v) is 2.53. The van der Waals surface area contributed by atoms with Crippen molar-refractivity contribution in [1.82, 2.24) is 0 Å². The molecule has 5 nitrogen and oxygen atoms in total. The summed E-state index contributed by atoms with van der Waals surface area (Å²) in [5, 5.41) is 0. The molecule has 0 spiro atoms. The van der Waals surface area contributed by atoms with Crippen LogP contribution in [-0.2, 0) is 4.57 Å². The Morgan fingerprint density at radius 1 is 0.944 bits per heavy atom. The van der Waals surface area contributed by atoms with Crippen molar-refractivity contribution in [3.8, 4) is 0 Å². The van der Waals surface area contributed by atoms with Gasteiger partial charge in [0.2, 0.25) is 0 Å². The summed E-state index contributed by atoms with van der Waals surface area (Å²) in [6, 6.07) is 0. The standard InChI is InChI=1S/C12H27N.H3O4P/c1-4-5-6-7-8-9-10-11-12-13(2)3;1-5(2,3)4/h4-12H2,1-3H3;(H3,1,2,3,4). The first-order chi connectivity index (χ1) is 8.27. The molecule has 0 atom stereocenters. The Balaban J connectivity index is 0. The predicted molar refractivity (Wildman–Crippen MR) is 72.3 cm³/mol. The minimum Gasteiger partial charge on any atom is -0.756 e. The second-order valence-electron chi connectivity index (χ2n) is 4.92. The second-order valence-corrected chi connectivity index (χ2v) is 5.90. The van der Waals surface area contributed by atoms with E-state index in [4.69, 9.17) is 19.2 Å². The minimum atomic E-state index is -4.89. The fourth-order valence-electron chi connectivity index (χ4n) is 1.61. The Labute approximate surface area is 111 Å². The highest BCUT2D eigenvalue weighted by atomic mass is 31.2. The van der Waals surface area contributed by atoms with Crippen molar-refractivity contribution in [2.75, 3.05) is 20.6 Å². The maximum atomic E-state index is 8.77. The molecular weight excluding hydrogens is 253 g/mol. The van der Waals surface area contributed by atoms with E-state index in [1.54, 1.807) is 4.90 Å². The molecule has 112 valence electrons. The van der Waals surface area contributed by atoms with Gasteiger partial charge in [0, 0.05) is 0 Å². The first kappa shape index (κ1) is 20.4. The maximum Gasteiger partial charge on any atom is 0.262 e. The molecule has 0 aromatic rings. The van der Waals surface area contributed by atoms with Crippen molar-refractivity contribution in [1.29, 1.82) is 0 Å². The third-order valence-electron chi connectivity index (χ3n) is 2.53. The smallest absolute Gasteiger partial charge is 0.262 e. The van der Waals surface area contributed by atoms with E-state index in [1.165, 1.54) is 57.9 Å². The van der Waals surface area contributed by atoms with Gasteiger partial charge in [-0.05, 0) is 12.8 Å². The lowest BCUT2D eigenvalue weighted by molar-refractivity contribution is -0.858. The molecule has 0 aliphatic carbocycles. The number of nitrogens with one attached hydrogen (secondary N) is 1. The molecule has 0 aromatic heterocycles. The predicted octanol–water partition coefficient (Wildman–Crippen LogP) is 0.711. The van der Waals surface area contributed by atoms with E-state index in [1.807, 2.05) is 0 Å². The van der Waals surface area contributed by atoms with Gasteiger partial charge in [-0.15, -0.1) is 0 Å². The number of hydrogen-bond donors (Lipinski definition) is 3. The summed E-state index contributed by atoms with van der Waals surface area (Å²) in [6.07, 6.45) is 11.5. The summed E-state index contributed by atoms with van der Waals surface area (Å²) in [6.45, 7) is 3.62. The van der Waals surface area contributed by atoms with Gasteiger partial charge in [-0.3, -0.25) is 4.57 Å². The summed E-state index contributed by atoms with van der Waals surface area (Å²) in [4.78, 5) is 24.5. The fourth-order valence-corrected chi connectivity index (χ4v) is 1.61. The molecule has 0 aromatic carbocycles. The number of hydrogen-bond acceptors (Lipinski definition) is 2. The van der Waals surface area contributed by atoms with Crippen LogP contribution >= 0.6 is 7.82 Å². The molecule has 0 aliphatic rings. The molecular formula is C12H30NO4P. The number of quaternary nitrogens is 1. The highest BCUT2D eigenvalue weighted by Gasteiger charge is 1.94. The zero-order valence-corrected chi connectivity index (χ0v) is 12.9.